The number of amides is 1. The summed E-state index contributed by atoms with van der Waals surface area (Å²) in [5, 5.41) is 5.48. The normalized spacial score (nSPS) is 14.3. The van der Waals surface area contributed by atoms with E-state index in [0.717, 1.165) is 16.5 Å². The highest BCUT2D eigenvalue weighted by Gasteiger charge is 2.30. The number of hydrogen-bond acceptors (Lipinski definition) is 3. The van der Waals surface area contributed by atoms with Crippen LogP contribution in [-0.4, -0.2) is 11.7 Å². The van der Waals surface area contributed by atoms with E-state index < -0.39 is 11.7 Å². The number of nitrogens with one attached hydrogen (secondary N) is 1. The number of ketones is 1. The molecule has 2 heterocycles. The number of aryl methyl sites for hydroxylation is 1. The van der Waals surface area contributed by atoms with Gasteiger partial charge < -0.3 is 5.32 Å². The Hall–Kier alpha value is -1.68. The Morgan fingerprint density at radius 2 is 2.19 bits per heavy atom. The van der Waals surface area contributed by atoms with E-state index in [4.69, 9.17) is 0 Å². The number of thiophene rings is 1. The molecule has 0 radical (unpaired) electrons. The van der Waals surface area contributed by atoms with Gasteiger partial charge in [-0.15, -0.1) is 11.3 Å². The highest BCUT2D eigenvalue weighted by atomic mass is 32.1. The molecule has 1 aliphatic rings. The minimum absolute atomic E-state index is 0.416. The summed E-state index contributed by atoms with van der Waals surface area (Å²) in [6, 6.07) is 3.83. The van der Waals surface area contributed by atoms with Gasteiger partial charge >= 0.3 is 0 Å². The lowest BCUT2D eigenvalue weighted by Crippen LogP contribution is -2.12. The third kappa shape index (κ3) is 1.08. The number of benzene rings is 1. The first-order chi connectivity index (χ1) is 7.72. The van der Waals surface area contributed by atoms with Crippen LogP contribution in [0.5, 0.6) is 0 Å². The Bertz CT molecular complexity index is 627. The van der Waals surface area contributed by atoms with Crippen LogP contribution in [0.1, 0.15) is 22.8 Å². The molecular weight excluding hydrogens is 222 g/mol. The molecule has 4 heteroatoms. The first-order valence-electron chi connectivity index (χ1n) is 5.11. The Balaban J connectivity index is 2.43. The molecule has 80 valence electrons. The zero-order chi connectivity index (χ0) is 11.3. The molecule has 0 atom stereocenters. The number of anilines is 1. The fourth-order valence-corrected chi connectivity index (χ4v) is 3.10. The quantitative estimate of drug-likeness (QED) is 0.767. The third-order valence-electron chi connectivity index (χ3n) is 2.88. The van der Waals surface area contributed by atoms with Gasteiger partial charge in [-0.25, -0.2) is 0 Å². The van der Waals surface area contributed by atoms with E-state index in [1.54, 1.807) is 11.3 Å². The van der Waals surface area contributed by atoms with Crippen molar-refractivity contribution in [3.8, 4) is 0 Å². The Morgan fingerprint density at radius 1 is 1.38 bits per heavy atom. The molecule has 0 aliphatic carbocycles. The van der Waals surface area contributed by atoms with Crippen molar-refractivity contribution in [3.63, 3.8) is 0 Å². The molecular formula is C12H9NO2S. The number of carbonyl (C=O) groups excluding carboxylic acids is 2. The minimum atomic E-state index is -0.518. The maximum Gasteiger partial charge on any atom is 0.296 e. The maximum atomic E-state index is 11.7. The molecule has 1 amide bonds. The molecule has 3 nitrogen and oxygen atoms in total. The zero-order valence-corrected chi connectivity index (χ0v) is 9.48. The first-order valence-corrected chi connectivity index (χ1v) is 5.99. The average Bonchev–Trinajstić information content (AvgIpc) is 2.84. The second kappa shape index (κ2) is 3.15. The molecule has 2 aromatic rings. The highest BCUT2D eigenvalue weighted by molar-refractivity contribution is 7.17. The molecule has 0 fully saturated rings. The van der Waals surface area contributed by atoms with Gasteiger partial charge in [0.25, 0.3) is 11.7 Å². The van der Waals surface area contributed by atoms with Crippen LogP contribution in [-0.2, 0) is 11.2 Å². The van der Waals surface area contributed by atoms with E-state index in [0.29, 0.717) is 11.3 Å². The summed E-state index contributed by atoms with van der Waals surface area (Å²) in [7, 11) is 0. The van der Waals surface area contributed by atoms with Crippen LogP contribution >= 0.6 is 11.3 Å². The number of rotatable bonds is 1. The van der Waals surface area contributed by atoms with Crippen LogP contribution < -0.4 is 5.32 Å². The number of carbonyl (C=O) groups is 2. The Labute approximate surface area is 96.1 Å². The molecule has 16 heavy (non-hydrogen) atoms. The van der Waals surface area contributed by atoms with E-state index in [9.17, 15) is 9.59 Å². The third-order valence-corrected chi connectivity index (χ3v) is 3.87. The molecule has 1 aromatic carbocycles. The molecule has 1 N–H and O–H groups in total. The minimum Gasteiger partial charge on any atom is -0.318 e. The second-order valence-electron chi connectivity index (χ2n) is 3.76. The second-order valence-corrected chi connectivity index (χ2v) is 4.67. The zero-order valence-electron chi connectivity index (χ0n) is 8.66. The largest absolute Gasteiger partial charge is 0.318 e. The SMILES string of the molecule is CCc1cc2c(c3ccsc13)C(=O)C(=O)N2. The lowest BCUT2D eigenvalue weighted by molar-refractivity contribution is -0.112. The number of fused-ring (bicyclic) bond motifs is 3. The van der Waals surface area contributed by atoms with E-state index in [1.807, 2.05) is 17.5 Å². The molecule has 0 saturated heterocycles. The fourth-order valence-electron chi connectivity index (χ4n) is 2.11. The topological polar surface area (TPSA) is 46.2 Å². The van der Waals surface area contributed by atoms with Crippen molar-refractivity contribution < 1.29 is 9.59 Å². The smallest absolute Gasteiger partial charge is 0.296 e. The Kier molecular flexibility index (Phi) is 1.88. The van der Waals surface area contributed by atoms with Gasteiger partial charge in [-0.3, -0.25) is 9.59 Å². The van der Waals surface area contributed by atoms with Gasteiger partial charge in [0.05, 0.1) is 11.3 Å². The van der Waals surface area contributed by atoms with Gasteiger partial charge in [0.15, 0.2) is 0 Å². The maximum absolute atomic E-state index is 11.7. The monoisotopic (exact) mass is 231 g/mol. The van der Waals surface area contributed by atoms with Crippen LogP contribution in [0.25, 0.3) is 10.1 Å². The van der Waals surface area contributed by atoms with Crippen molar-refractivity contribution >= 4 is 38.8 Å². The van der Waals surface area contributed by atoms with Crippen LogP contribution in [0, 0.1) is 0 Å². The summed E-state index contributed by atoms with van der Waals surface area (Å²) in [4.78, 5) is 23.0. The van der Waals surface area contributed by atoms with Crippen molar-refractivity contribution in [3.05, 3.63) is 28.6 Å². The summed E-state index contributed by atoms with van der Waals surface area (Å²) in [5.41, 5.74) is 2.38. The lowest BCUT2D eigenvalue weighted by atomic mass is 10.0. The van der Waals surface area contributed by atoms with Gasteiger partial charge in [-0.05, 0) is 29.5 Å². The Morgan fingerprint density at radius 3 is 2.94 bits per heavy atom. The predicted octanol–water partition coefficient (Wildman–Crippen LogP) is 2.60. The van der Waals surface area contributed by atoms with E-state index >= 15 is 0 Å². The van der Waals surface area contributed by atoms with Crippen molar-refractivity contribution in [2.45, 2.75) is 13.3 Å². The van der Waals surface area contributed by atoms with Crippen molar-refractivity contribution in [1.82, 2.24) is 0 Å². The molecule has 1 aromatic heterocycles. The van der Waals surface area contributed by atoms with E-state index in [-0.39, 0.29) is 0 Å². The van der Waals surface area contributed by atoms with Crippen LogP contribution in [0.15, 0.2) is 17.5 Å². The van der Waals surface area contributed by atoms with Crippen molar-refractivity contribution in [2.24, 2.45) is 0 Å². The van der Waals surface area contributed by atoms with E-state index in [1.165, 1.54) is 5.56 Å². The summed E-state index contributed by atoms with van der Waals surface area (Å²) < 4.78 is 1.12. The number of hydrogen-bond donors (Lipinski definition) is 1. The molecule has 1 aliphatic heterocycles. The van der Waals surface area contributed by atoms with Crippen molar-refractivity contribution in [1.29, 1.82) is 0 Å². The van der Waals surface area contributed by atoms with Crippen LogP contribution in [0.4, 0.5) is 5.69 Å². The summed E-state index contributed by atoms with van der Waals surface area (Å²) in [6.07, 6.45) is 0.897. The van der Waals surface area contributed by atoms with Gasteiger partial charge in [0.1, 0.15) is 0 Å². The van der Waals surface area contributed by atoms with Gasteiger partial charge in [0, 0.05) is 10.1 Å². The van der Waals surface area contributed by atoms with Gasteiger partial charge in [-0.1, -0.05) is 6.92 Å². The van der Waals surface area contributed by atoms with Gasteiger partial charge in [0.2, 0.25) is 0 Å². The lowest BCUT2D eigenvalue weighted by Gasteiger charge is -2.04. The molecule has 0 spiro atoms. The van der Waals surface area contributed by atoms with Crippen LogP contribution in [0.3, 0.4) is 0 Å². The molecule has 0 unspecified atom stereocenters. The molecule has 3 rings (SSSR count). The average molecular weight is 231 g/mol. The molecule has 0 saturated carbocycles. The first kappa shape index (κ1) is 9.54. The van der Waals surface area contributed by atoms with Gasteiger partial charge in [-0.2, -0.15) is 0 Å². The van der Waals surface area contributed by atoms with E-state index in [2.05, 4.69) is 12.2 Å². The molecule has 0 bridgehead atoms. The number of Topliss-reactive ketones (excluding diaryl/α,β-unsaturated/α-hetero) is 1. The standard InChI is InChI=1S/C12H9NO2S/c1-2-6-5-8-9(10(14)12(15)13-8)7-3-4-16-11(6)7/h3-5H,2H2,1H3,(H,13,14,15). The fraction of sp³-hybridized carbons (Fsp3) is 0.167. The highest BCUT2D eigenvalue weighted by Crippen LogP contribution is 2.36. The summed E-state index contributed by atoms with van der Waals surface area (Å²) in [5.74, 6) is -0.934. The van der Waals surface area contributed by atoms with Crippen molar-refractivity contribution in [2.75, 3.05) is 5.32 Å². The van der Waals surface area contributed by atoms with Crippen LogP contribution in [0.2, 0.25) is 0 Å². The predicted molar refractivity (Wildman–Crippen MR) is 64.2 cm³/mol. The summed E-state index contributed by atoms with van der Waals surface area (Å²) >= 11 is 1.62. The summed E-state index contributed by atoms with van der Waals surface area (Å²) in [6.45, 7) is 2.07.